The average Bonchev–Trinajstić information content (AvgIpc) is 2.48. The zero-order valence-electron chi connectivity index (χ0n) is 6.71. The van der Waals surface area contributed by atoms with Gasteiger partial charge in [-0.05, 0) is 28.1 Å². The van der Waals surface area contributed by atoms with E-state index in [-0.39, 0.29) is 5.69 Å². The van der Waals surface area contributed by atoms with Crippen molar-refractivity contribution in [1.29, 1.82) is 0 Å². The number of hydrogen-bond acceptors (Lipinski definition) is 2. The van der Waals surface area contributed by atoms with Crippen molar-refractivity contribution in [2.75, 3.05) is 0 Å². The van der Waals surface area contributed by atoms with E-state index in [0.29, 0.717) is 20.7 Å². The Labute approximate surface area is 92.0 Å². The first-order valence-electron chi connectivity index (χ1n) is 3.66. The lowest BCUT2D eigenvalue weighted by atomic mass is 10.4. The van der Waals surface area contributed by atoms with Gasteiger partial charge in [0.15, 0.2) is 0 Å². The summed E-state index contributed by atoms with van der Waals surface area (Å²) >= 11 is 8.96. The summed E-state index contributed by atoms with van der Waals surface area (Å²) in [5.74, 6) is -1.02. The quantitative estimate of drug-likeness (QED) is 0.786. The maximum absolute atomic E-state index is 10.6. The van der Waals surface area contributed by atoms with Gasteiger partial charge in [-0.3, -0.25) is 0 Å². The number of nitrogens with zero attached hydrogens (tertiary/aromatic N) is 1. The highest BCUT2D eigenvalue weighted by Crippen LogP contribution is 2.25. The molecule has 0 saturated heterocycles. The Hall–Kier alpha value is -1.07. The van der Waals surface area contributed by atoms with Crippen LogP contribution < -0.4 is 0 Å². The number of carboxylic acid groups (broad SMARTS) is 1. The predicted molar refractivity (Wildman–Crippen MR) is 55.8 cm³/mol. The topological polar surface area (TPSA) is 66.0 Å². The number of carboxylic acids is 1. The monoisotopic (exact) mass is 274 g/mol. The van der Waals surface area contributed by atoms with Gasteiger partial charge in [-0.2, -0.15) is 0 Å². The molecule has 0 saturated carbocycles. The molecular weight excluding hydrogens is 271 g/mol. The van der Waals surface area contributed by atoms with Crippen molar-refractivity contribution < 1.29 is 9.90 Å². The maximum atomic E-state index is 10.6. The molecule has 0 spiro atoms. The number of hydrogen-bond donors (Lipinski definition) is 2. The van der Waals surface area contributed by atoms with Crippen LogP contribution in [0.1, 0.15) is 10.5 Å². The normalized spacial score (nSPS) is 10.7. The lowest BCUT2D eigenvalue weighted by Crippen LogP contribution is -1.94. The van der Waals surface area contributed by atoms with E-state index in [2.05, 4.69) is 25.9 Å². The van der Waals surface area contributed by atoms with Crippen molar-refractivity contribution in [3.05, 3.63) is 27.5 Å². The van der Waals surface area contributed by atoms with Crippen LogP contribution in [-0.4, -0.2) is 21.0 Å². The van der Waals surface area contributed by atoms with Crippen molar-refractivity contribution in [2.45, 2.75) is 0 Å². The summed E-state index contributed by atoms with van der Waals surface area (Å²) < 4.78 is 0.502. The first-order valence-corrected chi connectivity index (χ1v) is 4.83. The lowest BCUT2D eigenvalue weighted by molar-refractivity contribution is 0.0691. The number of rotatable bonds is 1. The number of halogens is 2. The molecule has 2 rings (SSSR count). The van der Waals surface area contributed by atoms with Crippen molar-refractivity contribution >= 4 is 44.5 Å². The van der Waals surface area contributed by atoms with Crippen molar-refractivity contribution in [2.24, 2.45) is 0 Å². The largest absolute Gasteiger partial charge is 0.477 e. The number of aromatic carboxylic acids is 1. The van der Waals surface area contributed by atoms with E-state index in [1.54, 1.807) is 6.07 Å². The third-order valence-corrected chi connectivity index (χ3v) is 2.86. The van der Waals surface area contributed by atoms with Crippen LogP contribution in [0.15, 0.2) is 16.7 Å². The molecule has 0 radical (unpaired) electrons. The minimum absolute atomic E-state index is 0.0988. The van der Waals surface area contributed by atoms with Gasteiger partial charge in [0.2, 0.25) is 0 Å². The van der Waals surface area contributed by atoms with Crippen molar-refractivity contribution in [3.63, 3.8) is 0 Å². The Morgan fingerprint density at radius 3 is 2.93 bits per heavy atom. The molecule has 0 aliphatic heterocycles. The smallest absolute Gasteiger partial charge is 0.352 e. The van der Waals surface area contributed by atoms with Crippen LogP contribution in [-0.2, 0) is 0 Å². The van der Waals surface area contributed by atoms with E-state index in [1.165, 1.54) is 6.07 Å². The zero-order chi connectivity index (χ0) is 10.3. The van der Waals surface area contributed by atoms with E-state index in [9.17, 15) is 4.79 Å². The Morgan fingerprint density at radius 2 is 2.29 bits per heavy atom. The molecule has 2 N–H and O–H groups in total. The molecule has 0 bridgehead atoms. The van der Waals surface area contributed by atoms with E-state index >= 15 is 0 Å². The molecule has 14 heavy (non-hydrogen) atoms. The second-order valence-electron chi connectivity index (χ2n) is 2.68. The number of carbonyl (C=O) groups is 1. The Morgan fingerprint density at radius 1 is 1.57 bits per heavy atom. The molecule has 2 aromatic heterocycles. The Balaban J connectivity index is 2.72. The first kappa shape index (κ1) is 9.48. The molecule has 0 aromatic carbocycles. The SMILES string of the molecule is O=C(O)c1cc2nc(Br)c(Cl)cc2[nH]1. The summed E-state index contributed by atoms with van der Waals surface area (Å²) in [4.78, 5) is 17.4. The van der Waals surface area contributed by atoms with Gasteiger partial charge in [0.25, 0.3) is 0 Å². The van der Waals surface area contributed by atoms with Crippen LogP contribution >= 0.6 is 27.5 Å². The van der Waals surface area contributed by atoms with Gasteiger partial charge < -0.3 is 10.1 Å². The molecule has 0 atom stereocenters. The highest BCUT2D eigenvalue weighted by molar-refractivity contribution is 9.10. The Bertz CT molecular complexity index is 484. The molecule has 2 aromatic rings. The minimum Gasteiger partial charge on any atom is -0.477 e. The van der Waals surface area contributed by atoms with Gasteiger partial charge in [0.05, 0.1) is 16.1 Å². The number of aromatic amines is 1. The summed E-state index contributed by atoms with van der Waals surface area (Å²) in [6.45, 7) is 0. The fourth-order valence-electron chi connectivity index (χ4n) is 1.12. The van der Waals surface area contributed by atoms with Crippen molar-refractivity contribution in [3.8, 4) is 0 Å². The Kier molecular flexibility index (Phi) is 2.20. The summed E-state index contributed by atoms with van der Waals surface area (Å²) in [7, 11) is 0. The number of pyridine rings is 1. The number of nitrogens with one attached hydrogen (secondary N) is 1. The van der Waals surface area contributed by atoms with E-state index in [1.807, 2.05) is 0 Å². The molecule has 2 heterocycles. The van der Waals surface area contributed by atoms with Gasteiger partial charge in [-0.25, -0.2) is 9.78 Å². The van der Waals surface area contributed by atoms with E-state index in [4.69, 9.17) is 16.7 Å². The van der Waals surface area contributed by atoms with E-state index in [0.717, 1.165) is 0 Å². The molecule has 0 aliphatic carbocycles. The molecule has 0 unspecified atom stereocenters. The van der Waals surface area contributed by atoms with Crippen LogP contribution in [0, 0.1) is 0 Å². The number of fused-ring (bicyclic) bond motifs is 1. The predicted octanol–water partition coefficient (Wildman–Crippen LogP) is 2.68. The summed E-state index contributed by atoms with van der Waals surface area (Å²) in [6, 6.07) is 3.08. The standard InChI is InChI=1S/C8H4BrClN2O2/c9-7-3(10)1-4-5(12-7)2-6(11-4)8(13)14/h1-2,11H,(H,13,14). The molecular formula is C8H4BrClN2O2. The van der Waals surface area contributed by atoms with Crippen LogP contribution in [0.25, 0.3) is 11.0 Å². The molecule has 0 fully saturated rings. The van der Waals surface area contributed by atoms with Crippen LogP contribution in [0.5, 0.6) is 0 Å². The molecule has 4 nitrogen and oxygen atoms in total. The highest BCUT2D eigenvalue weighted by Gasteiger charge is 2.10. The van der Waals surface area contributed by atoms with E-state index < -0.39 is 5.97 Å². The fraction of sp³-hybridized carbons (Fsp3) is 0. The molecule has 72 valence electrons. The molecule has 0 amide bonds. The molecule has 0 aliphatic rings. The highest BCUT2D eigenvalue weighted by atomic mass is 79.9. The second-order valence-corrected chi connectivity index (χ2v) is 3.84. The third-order valence-electron chi connectivity index (χ3n) is 1.74. The minimum atomic E-state index is -1.02. The number of aromatic nitrogens is 2. The van der Waals surface area contributed by atoms with Gasteiger partial charge in [-0.15, -0.1) is 0 Å². The third kappa shape index (κ3) is 1.49. The van der Waals surface area contributed by atoms with Crippen LogP contribution in [0.2, 0.25) is 5.02 Å². The first-order chi connectivity index (χ1) is 6.58. The van der Waals surface area contributed by atoms with Gasteiger partial charge in [-0.1, -0.05) is 11.6 Å². The van der Waals surface area contributed by atoms with Gasteiger partial charge in [0, 0.05) is 0 Å². The number of H-pyrrole nitrogens is 1. The summed E-state index contributed by atoms with van der Waals surface area (Å²) in [6.07, 6.45) is 0. The summed E-state index contributed by atoms with van der Waals surface area (Å²) in [5, 5.41) is 9.16. The van der Waals surface area contributed by atoms with Crippen molar-refractivity contribution in [1.82, 2.24) is 9.97 Å². The fourth-order valence-corrected chi connectivity index (χ4v) is 1.58. The maximum Gasteiger partial charge on any atom is 0.352 e. The molecule has 6 heteroatoms. The van der Waals surface area contributed by atoms with Gasteiger partial charge in [0.1, 0.15) is 10.3 Å². The summed E-state index contributed by atoms with van der Waals surface area (Å²) in [5.41, 5.74) is 1.27. The van der Waals surface area contributed by atoms with Crippen LogP contribution in [0.3, 0.4) is 0 Å². The lowest BCUT2D eigenvalue weighted by Gasteiger charge is -1.93. The second kappa shape index (κ2) is 3.25. The van der Waals surface area contributed by atoms with Crippen LogP contribution in [0.4, 0.5) is 0 Å². The average molecular weight is 275 g/mol. The van der Waals surface area contributed by atoms with Gasteiger partial charge >= 0.3 is 5.97 Å². The zero-order valence-corrected chi connectivity index (χ0v) is 9.06.